The number of rotatable bonds is 7. The maximum Gasteiger partial charge on any atom is 0.254 e. The van der Waals surface area contributed by atoms with Gasteiger partial charge in [-0.1, -0.05) is 11.6 Å². The molecular formula is C27H32N4O4. The van der Waals surface area contributed by atoms with Gasteiger partial charge < -0.3 is 18.8 Å². The molecule has 1 aliphatic heterocycles. The van der Waals surface area contributed by atoms with Gasteiger partial charge in [0.1, 0.15) is 0 Å². The highest BCUT2D eigenvalue weighted by atomic mass is 16.5. The SMILES string of the molecule is COc1cc(/C=N/NC(=O)CN2CCn3c4c(c5cc(C)ccc53)CCCC42)cc(OC)c1OC. The highest BCUT2D eigenvalue weighted by Gasteiger charge is 2.35. The summed E-state index contributed by atoms with van der Waals surface area (Å²) in [5, 5.41) is 5.56. The van der Waals surface area contributed by atoms with E-state index in [1.165, 1.54) is 27.7 Å². The summed E-state index contributed by atoms with van der Waals surface area (Å²) in [7, 11) is 4.69. The van der Waals surface area contributed by atoms with E-state index in [0.717, 1.165) is 37.9 Å². The average Bonchev–Trinajstić information content (AvgIpc) is 3.19. The number of amides is 1. The van der Waals surface area contributed by atoms with E-state index in [-0.39, 0.29) is 11.9 Å². The zero-order chi connectivity index (χ0) is 24.5. The number of nitrogens with zero attached hydrogens (tertiary/aromatic N) is 3. The number of nitrogens with one attached hydrogen (secondary N) is 1. The van der Waals surface area contributed by atoms with Gasteiger partial charge in [-0.2, -0.15) is 5.10 Å². The fraction of sp³-hybridized carbons (Fsp3) is 0.407. The third-order valence-corrected chi connectivity index (χ3v) is 7.08. The van der Waals surface area contributed by atoms with Crippen LogP contribution >= 0.6 is 0 Å². The summed E-state index contributed by atoms with van der Waals surface area (Å²) in [5.41, 5.74) is 8.90. The first-order valence-corrected chi connectivity index (χ1v) is 12.0. The Morgan fingerprint density at radius 3 is 2.60 bits per heavy atom. The smallest absolute Gasteiger partial charge is 0.254 e. The second kappa shape index (κ2) is 9.62. The summed E-state index contributed by atoms with van der Waals surface area (Å²) >= 11 is 0. The van der Waals surface area contributed by atoms with Crippen molar-refractivity contribution < 1.29 is 19.0 Å². The van der Waals surface area contributed by atoms with Gasteiger partial charge in [0.05, 0.1) is 40.1 Å². The molecule has 2 heterocycles. The number of methoxy groups -OCH3 is 3. The van der Waals surface area contributed by atoms with Crippen LogP contribution < -0.4 is 19.6 Å². The predicted octanol–water partition coefficient (Wildman–Crippen LogP) is 3.82. The fourth-order valence-corrected chi connectivity index (χ4v) is 5.55. The second-order valence-electron chi connectivity index (χ2n) is 9.17. The minimum absolute atomic E-state index is 0.124. The molecule has 5 rings (SSSR count). The van der Waals surface area contributed by atoms with E-state index in [0.29, 0.717) is 23.8 Å². The average molecular weight is 477 g/mol. The number of hydrogen-bond donors (Lipinski definition) is 1. The Morgan fingerprint density at radius 2 is 1.89 bits per heavy atom. The van der Waals surface area contributed by atoms with Crippen LogP contribution in [0.15, 0.2) is 35.4 Å². The van der Waals surface area contributed by atoms with Crippen molar-refractivity contribution in [3.63, 3.8) is 0 Å². The molecule has 1 aromatic heterocycles. The van der Waals surface area contributed by atoms with Gasteiger partial charge in [0.15, 0.2) is 11.5 Å². The molecule has 184 valence electrons. The maximum absolute atomic E-state index is 12.8. The molecule has 0 bridgehead atoms. The first-order valence-electron chi connectivity index (χ1n) is 12.0. The zero-order valence-electron chi connectivity index (χ0n) is 20.8. The van der Waals surface area contributed by atoms with E-state index in [9.17, 15) is 4.79 Å². The highest BCUT2D eigenvalue weighted by Crippen LogP contribution is 2.42. The molecule has 1 aliphatic carbocycles. The Bertz CT molecular complexity index is 1270. The van der Waals surface area contributed by atoms with E-state index in [1.807, 2.05) is 0 Å². The molecule has 0 saturated heterocycles. The molecule has 8 heteroatoms. The van der Waals surface area contributed by atoms with E-state index in [4.69, 9.17) is 14.2 Å². The van der Waals surface area contributed by atoms with E-state index >= 15 is 0 Å². The lowest BCUT2D eigenvalue weighted by Crippen LogP contribution is -2.44. The van der Waals surface area contributed by atoms with Gasteiger partial charge in [0.25, 0.3) is 5.91 Å². The molecule has 3 aromatic rings. The van der Waals surface area contributed by atoms with Crippen molar-refractivity contribution >= 4 is 23.0 Å². The van der Waals surface area contributed by atoms with Gasteiger partial charge in [0.2, 0.25) is 5.75 Å². The summed E-state index contributed by atoms with van der Waals surface area (Å²) in [6.45, 7) is 4.21. The topological polar surface area (TPSA) is 77.3 Å². The van der Waals surface area contributed by atoms with Crippen molar-refractivity contribution in [1.82, 2.24) is 14.9 Å². The van der Waals surface area contributed by atoms with Crippen molar-refractivity contribution in [2.75, 3.05) is 34.4 Å². The first-order chi connectivity index (χ1) is 17.0. The van der Waals surface area contributed by atoms with Crippen LogP contribution in [0.4, 0.5) is 0 Å². The third kappa shape index (κ3) is 4.23. The van der Waals surface area contributed by atoms with Crippen LogP contribution in [0.3, 0.4) is 0 Å². The van der Waals surface area contributed by atoms with Gasteiger partial charge in [-0.15, -0.1) is 0 Å². The number of aryl methyl sites for hydroxylation is 2. The number of carbonyl (C=O) groups is 1. The van der Waals surface area contributed by atoms with Crippen LogP contribution in [0.1, 0.15) is 41.3 Å². The predicted molar refractivity (Wildman–Crippen MR) is 136 cm³/mol. The van der Waals surface area contributed by atoms with Crippen LogP contribution in [-0.4, -0.2) is 56.0 Å². The molecular weight excluding hydrogens is 444 g/mol. The zero-order valence-corrected chi connectivity index (χ0v) is 20.8. The Balaban J connectivity index is 1.30. The van der Waals surface area contributed by atoms with Gasteiger partial charge in [0, 0.05) is 35.2 Å². The van der Waals surface area contributed by atoms with Gasteiger partial charge in [-0.05, 0) is 56.0 Å². The second-order valence-corrected chi connectivity index (χ2v) is 9.17. The van der Waals surface area contributed by atoms with E-state index in [1.54, 1.807) is 39.7 Å². The summed E-state index contributed by atoms with van der Waals surface area (Å²) < 4.78 is 18.6. The third-order valence-electron chi connectivity index (χ3n) is 7.08. The van der Waals surface area contributed by atoms with Crippen molar-refractivity contribution in [3.8, 4) is 17.2 Å². The van der Waals surface area contributed by atoms with Crippen LogP contribution in [0.5, 0.6) is 17.2 Å². The van der Waals surface area contributed by atoms with Crippen molar-refractivity contribution in [1.29, 1.82) is 0 Å². The minimum atomic E-state index is -0.124. The lowest BCUT2D eigenvalue weighted by Gasteiger charge is -2.39. The maximum atomic E-state index is 12.8. The molecule has 0 radical (unpaired) electrons. The van der Waals surface area contributed by atoms with E-state index in [2.05, 4.69) is 45.1 Å². The Kier molecular flexibility index (Phi) is 6.38. The van der Waals surface area contributed by atoms with Crippen LogP contribution in [0, 0.1) is 6.92 Å². The van der Waals surface area contributed by atoms with Gasteiger partial charge in [-0.25, -0.2) is 5.43 Å². The quantitative estimate of drug-likeness (QED) is 0.414. The number of fused-ring (bicyclic) bond motifs is 3. The lowest BCUT2D eigenvalue weighted by molar-refractivity contribution is -0.123. The summed E-state index contributed by atoms with van der Waals surface area (Å²) in [4.78, 5) is 15.1. The van der Waals surface area contributed by atoms with Gasteiger partial charge >= 0.3 is 0 Å². The van der Waals surface area contributed by atoms with Crippen molar-refractivity contribution in [2.45, 2.75) is 38.8 Å². The monoisotopic (exact) mass is 476 g/mol. The Labute approximate surface area is 205 Å². The molecule has 2 aliphatic rings. The minimum Gasteiger partial charge on any atom is -0.493 e. The van der Waals surface area contributed by atoms with Crippen LogP contribution in [0.2, 0.25) is 0 Å². The molecule has 0 saturated carbocycles. The molecule has 8 nitrogen and oxygen atoms in total. The molecule has 0 fully saturated rings. The normalized spacial score (nSPS) is 17.4. The first kappa shape index (κ1) is 23.2. The van der Waals surface area contributed by atoms with Crippen molar-refractivity contribution in [2.24, 2.45) is 5.10 Å². The molecule has 35 heavy (non-hydrogen) atoms. The number of benzene rings is 2. The molecule has 1 amide bonds. The number of aromatic nitrogens is 1. The summed E-state index contributed by atoms with van der Waals surface area (Å²) in [5.74, 6) is 1.46. The summed E-state index contributed by atoms with van der Waals surface area (Å²) in [6.07, 6.45) is 4.90. The van der Waals surface area contributed by atoms with Gasteiger partial charge in [-0.3, -0.25) is 9.69 Å². The molecule has 1 atom stereocenters. The molecule has 1 unspecified atom stereocenters. The van der Waals surface area contributed by atoms with Crippen molar-refractivity contribution in [3.05, 3.63) is 52.7 Å². The highest BCUT2D eigenvalue weighted by molar-refractivity contribution is 5.87. The number of hydrazone groups is 1. The Morgan fingerprint density at radius 1 is 1.11 bits per heavy atom. The largest absolute Gasteiger partial charge is 0.493 e. The number of hydrogen-bond acceptors (Lipinski definition) is 6. The molecule has 0 spiro atoms. The fourth-order valence-electron chi connectivity index (χ4n) is 5.55. The van der Waals surface area contributed by atoms with E-state index < -0.39 is 0 Å². The Hall–Kier alpha value is -3.52. The standard InChI is InChI=1S/C27H32N4O4/c1-17-8-9-21-20(12-17)19-6-5-7-22-26(19)31(21)11-10-30(22)16-25(32)29-28-15-18-13-23(33-2)27(35-4)24(14-18)34-3/h8-9,12-15,22H,5-7,10-11,16H2,1-4H3,(H,29,32)/b28-15+. The molecule has 2 aromatic carbocycles. The number of carbonyl (C=O) groups excluding carboxylic acids is 1. The lowest BCUT2D eigenvalue weighted by atomic mass is 9.89. The van der Waals surface area contributed by atoms with Crippen LogP contribution in [-0.2, 0) is 17.8 Å². The summed E-state index contributed by atoms with van der Waals surface area (Å²) in [6, 6.07) is 10.6. The molecule has 1 N–H and O–H groups in total. The van der Waals surface area contributed by atoms with Crippen LogP contribution in [0.25, 0.3) is 10.9 Å². The number of ether oxygens (including phenoxy) is 3.